The van der Waals surface area contributed by atoms with Crippen molar-refractivity contribution in [2.45, 2.75) is 19.4 Å². The molecule has 0 atom stereocenters. The molecule has 4 aromatic rings. The number of fused-ring (bicyclic) bond motifs is 1. The normalized spacial score (nSPS) is 10.8. The van der Waals surface area contributed by atoms with Crippen LogP contribution in [0.15, 0.2) is 85.2 Å². The lowest BCUT2D eigenvalue weighted by atomic mass is 10.1. The van der Waals surface area contributed by atoms with Gasteiger partial charge in [0.1, 0.15) is 0 Å². The lowest BCUT2D eigenvalue weighted by Gasteiger charge is -2.24. The molecule has 1 heterocycles. The lowest BCUT2D eigenvalue weighted by molar-refractivity contribution is -0.117. The molecule has 0 saturated heterocycles. The molecule has 1 aromatic heterocycles. The molecule has 188 valence electrons. The standard InChI is InChI=1S/C29H28N4O4/c1-32(15-6-16-34)29(37)24-9-4-10-25(18-24)33(27(36)19-26(35)28-30-13-5-14-31-28)20-21-11-12-22-7-2-3-8-23(22)17-21/h2-5,7-14,17-18,34H,6,15-16,19-20H2,1H3. The number of anilines is 1. The van der Waals surface area contributed by atoms with Crippen LogP contribution < -0.4 is 4.90 Å². The number of carbonyl (C=O) groups excluding carboxylic acids is 3. The first-order chi connectivity index (χ1) is 18.0. The molecule has 8 nitrogen and oxygen atoms in total. The van der Waals surface area contributed by atoms with Crippen molar-refractivity contribution in [2.24, 2.45) is 0 Å². The van der Waals surface area contributed by atoms with Crippen LogP contribution in [-0.2, 0) is 11.3 Å². The van der Waals surface area contributed by atoms with Gasteiger partial charge >= 0.3 is 0 Å². The summed E-state index contributed by atoms with van der Waals surface area (Å²) in [5, 5.41) is 11.2. The highest BCUT2D eigenvalue weighted by molar-refractivity contribution is 6.10. The van der Waals surface area contributed by atoms with Gasteiger partial charge in [-0.05, 0) is 53.1 Å². The Morgan fingerprint density at radius 1 is 0.865 bits per heavy atom. The Morgan fingerprint density at radius 2 is 1.62 bits per heavy atom. The summed E-state index contributed by atoms with van der Waals surface area (Å²) in [6.07, 6.45) is 2.98. The van der Waals surface area contributed by atoms with Crippen molar-refractivity contribution < 1.29 is 19.5 Å². The summed E-state index contributed by atoms with van der Waals surface area (Å²) < 4.78 is 0. The van der Waals surface area contributed by atoms with Gasteiger partial charge in [-0.1, -0.05) is 42.5 Å². The molecule has 4 rings (SSSR count). The molecule has 3 aromatic carbocycles. The van der Waals surface area contributed by atoms with E-state index in [0.29, 0.717) is 24.2 Å². The number of aromatic nitrogens is 2. The summed E-state index contributed by atoms with van der Waals surface area (Å²) in [6, 6.07) is 22.3. The first-order valence-corrected chi connectivity index (χ1v) is 12.0. The minimum Gasteiger partial charge on any atom is -0.396 e. The smallest absolute Gasteiger partial charge is 0.253 e. The van der Waals surface area contributed by atoms with Crippen LogP contribution in [0.3, 0.4) is 0 Å². The third-order valence-corrected chi connectivity index (χ3v) is 5.99. The van der Waals surface area contributed by atoms with Crippen molar-refractivity contribution in [1.82, 2.24) is 14.9 Å². The van der Waals surface area contributed by atoms with Gasteiger partial charge in [0.25, 0.3) is 5.91 Å². The zero-order valence-electron chi connectivity index (χ0n) is 20.6. The number of Topliss-reactive ketones (excluding diaryl/α,β-unsaturated/α-hetero) is 1. The number of rotatable bonds is 10. The van der Waals surface area contributed by atoms with Gasteiger partial charge in [-0.25, -0.2) is 9.97 Å². The Hall–Kier alpha value is -4.43. The lowest BCUT2D eigenvalue weighted by Crippen LogP contribution is -2.33. The van der Waals surface area contributed by atoms with Gasteiger partial charge in [0.05, 0.1) is 13.0 Å². The summed E-state index contributed by atoms with van der Waals surface area (Å²) in [7, 11) is 1.67. The van der Waals surface area contributed by atoms with Crippen LogP contribution in [0.4, 0.5) is 5.69 Å². The number of amides is 2. The molecule has 2 amide bonds. The molecule has 0 aliphatic carbocycles. The van der Waals surface area contributed by atoms with Gasteiger partial charge in [-0.2, -0.15) is 0 Å². The van der Waals surface area contributed by atoms with Crippen molar-refractivity contribution in [3.05, 3.63) is 102 Å². The second-order valence-corrected chi connectivity index (χ2v) is 8.69. The zero-order chi connectivity index (χ0) is 26.2. The van der Waals surface area contributed by atoms with Crippen LogP contribution >= 0.6 is 0 Å². The van der Waals surface area contributed by atoms with Crippen LogP contribution in [0.25, 0.3) is 10.8 Å². The number of ketones is 1. The first-order valence-electron chi connectivity index (χ1n) is 12.0. The van der Waals surface area contributed by atoms with Crippen molar-refractivity contribution in [3.8, 4) is 0 Å². The Bertz CT molecular complexity index is 1410. The molecule has 8 heteroatoms. The van der Waals surface area contributed by atoms with E-state index in [9.17, 15) is 14.4 Å². The van der Waals surface area contributed by atoms with Gasteiger partial charge in [-0.3, -0.25) is 14.4 Å². The van der Waals surface area contributed by atoms with Crippen LogP contribution in [0, 0.1) is 0 Å². The van der Waals surface area contributed by atoms with Crippen molar-refractivity contribution in [1.29, 1.82) is 0 Å². The molecule has 0 aliphatic heterocycles. The van der Waals surface area contributed by atoms with Gasteiger partial charge < -0.3 is 14.9 Å². The minimum absolute atomic E-state index is 0.00907. The highest BCUT2D eigenvalue weighted by Gasteiger charge is 2.23. The minimum atomic E-state index is -0.481. The summed E-state index contributed by atoms with van der Waals surface area (Å²) >= 11 is 0. The number of hydrogen-bond donors (Lipinski definition) is 1. The van der Waals surface area contributed by atoms with Gasteiger partial charge in [-0.15, -0.1) is 0 Å². The molecule has 0 aliphatic rings. The summed E-state index contributed by atoms with van der Waals surface area (Å²) in [4.78, 5) is 50.1. The molecular formula is C29H28N4O4. The number of nitrogens with zero attached hydrogens (tertiary/aromatic N) is 4. The van der Waals surface area contributed by atoms with Crippen LogP contribution in [0.5, 0.6) is 0 Å². The highest BCUT2D eigenvalue weighted by atomic mass is 16.3. The Kier molecular flexibility index (Phi) is 8.33. The average Bonchev–Trinajstić information content (AvgIpc) is 2.94. The second kappa shape index (κ2) is 12.0. The van der Waals surface area contributed by atoms with Gasteiger partial charge in [0.2, 0.25) is 11.7 Å². The fourth-order valence-electron chi connectivity index (χ4n) is 4.03. The van der Waals surface area contributed by atoms with Crippen molar-refractivity contribution >= 4 is 34.1 Å². The fourth-order valence-corrected chi connectivity index (χ4v) is 4.03. The van der Waals surface area contributed by atoms with Crippen LogP contribution in [0.1, 0.15) is 39.4 Å². The number of hydrogen-bond acceptors (Lipinski definition) is 6. The highest BCUT2D eigenvalue weighted by Crippen LogP contribution is 2.23. The van der Waals surface area contributed by atoms with E-state index in [4.69, 9.17) is 5.11 Å². The Morgan fingerprint density at radius 3 is 2.38 bits per heavy atom. The molecule has 37 heavy (non-hydrogen) atoms. The quantitative estimate of drug-likeness (QED) is 0.264. The Balaban J connectivity index is 1.65. The molecule has 0 spiro atoms. The van der Waals surface area contributed by atoms with Gasteiger partial charge in [0.15, 0.2) is 5.82 Å². The van der Waals surface area contributed by atoms with Gasteiger partial charge in [0, 0.05) is 43.8 Å². The van der Waals surface area contributed by atoms with E-state index < -0.39 is 18.1 Å². The fraction of sp³-hybridized carbons (Fsp3) is 0.207. The van der Waals surface area contributed by atoms with E-state index in [2.05, 4.69) is 9.97 Å². The SMILES string of the molecule is CN(CCCO)C(=O)c1cccc(N(Cc2ccc3ccccc3c2)C(=O)CC(=O)c2ncccn2)c1. The molecule has 1 N–H and O–H groups in total. The Labute approximate surface area is 215 Å². The predicted octanol–water partition coefficient (Wildman–Crippen LogP) is 3.89. The van der Waals surface area contributed by atoms with E-state index in [0.717, 1.165) is 16.3 Å². The van der Waals surface area contributed by atoms with Crippen molar-refractivity contribution in [2.75, 3.05) is 25.1 Å². The maximum Gasteiger partial charge on any atom is 0.253 e. The summed E-state index contributed by atoms with van der Waals surface area (Å²) in [5.74, 6) is -1.15. The van der Waals surface area contributed by atoms with E-state index >= 15 is 0 Å². The molecule has 0 saturated carbocycles. The van der Waals surface area contributed by atoms with Crippen molar-refractivity contribution in [3.63, 3.8) is 0 Å². The predicted molar refractivity (Wildman–Crippen MR) is 141 cm³/mol. The third kappa shape index (κ3) is 6.42. The number of carbonyl (C=O) groups is 3. The van der Waals surface area contributed by atoms with Crippen LogP contribution in [-0.4, -0.2) is 57.8 Å². The topological polar surface area (TPSA) is 104 Å². The number of aliphatic hydroxyl groups excluding tert-OH is 1. The molecule has 0 unspecified atom stereocenters. The second-order valence-electron chi connectivity index (χ2n) is 8.69. The average molecular weight is 497 g/mol. The van der Waals surface area contributed by atoms with E-state index in [1.54, 1.807) is 37.4 Å². The van der Waals surface area contributed by atoms with Crippen LogP contribution in [0.2, 0.25) is 0 Å². The number of benzene rings is 3. The largest absolute Gasteiger partial charge is 0.396 e. The maximum absolute atomic E-state index is 13.5. The molecule has 0 radical (unpaired) electrons. The third-order valence-electron chi connectivity index (χ3n) is 5.99. The summed E-state index contributed by atoms with van der Waals surface area (Å²) in [5.41, 5.74) is 1.79. The van der Waals surface area contributed by atoms with E-state index in [-0.39, 0.29) is 24.9 Å². The van der Waals surface area contributed by atoms with E-state index in [1.807, 2.05) is 42.5 Å². The molecule has 0 fully saturated rings. The molecular weight excluding hydrogens is 468 g/mol. The molecule has 0 bridgehead atoms. The van der Waals surface area contributed by atoms with E-state index in [1.165, 1.54) is 22.2 Å². The summed E-state index contributed by atoms with van der Waals surface area (Å²) in [6.45, 7) is 0.611. The maximum atomic E-state index is 13.5. The monoisotopic (exact) mass is 496 g/mol. The zero-order valence-corrected chi connectivity index (χ0v) is 20.6. The first kappa shape index (κ1) is 25.7. The number of aliphatic hydroxyl groups is 1.